The van der Waals surface area contributed by atoms with Gasteiger partial charge >= 0.3 is 0 Å². The van der Waals surface area contributed by atoms with Crippen LogP contribution >= 0.6 is 0 Å². The summed E-state index contributed by atoms with van der Waals surface area (Å²) in [4.78, 5) is 1.75. The molecule has 0 saturated heterocycles. The van der Waals surface area contributed by atoms with Crippen LogP contribution < -0.4 is 0 Å². The Kier molecular flexibility index (Phi) is 3.03. The molecule has 0 aliphatic carbocycles. The van der Waals surface area contributed by atoms with Crippen molar-refractivity contribution >= 4 is 0 Å². The SMILES string of the molecule is CN(C)CC(O)=CO. The van der Waals surface area contributed by atoms with Crippen LogP contribution in [0.5, 0.6) is 0 Å². The minimum absolute atomic E-state index is 0.0185. The first kappa shape index (κ1) is 7.30. The van der Waals surface area contributed by atoms with Crippen molar-refractivity contribution in [2.75, 3.05) is 20.6 Å². The molecule has 0 aromatic carbocycles. The molecule has 0 aliphatic rings. The fraction of sp³-hybridized carbons (Fsp3) is 0.600. The van der Waals surface area contributed by atoms with Gasteiger partial charge in [-0.25, -0.2) is 0 Å². The van der Waals surface area contributed by atoms with Gasteiger partial charge < -0.3 is 15.1 Å². The fourth-order valence-corrected chi connectivity index (χ4v) is 0.365. The van der Waals surface area contributed by atoms with Crippen LogP contribution in [0.25, 0.3) is 0 Å². The van der Waals surface area contributed by atoms with Crippen LogP contribution in [-0.4, -0.2) is 35.8 Å². The quantitative estimate of drug-likeness (QED) is 0.518. The molecule has 0 fully saturated rings. The van der Waals surface area contributed by atoms with Gasteiger partial charge in [0.15, 0.2) is 0 Å². The fourth-order valence-electron chi connectivity index (χ4n) is 0.365. The van der Waals surface area contributed by atoms with Gasteiger partial charge in [0.2, 0.25) is 0 Å². The smallest absolute Gasteiger partial charge is 0.140 e. The van der Waals surface area contributed by atoms with E-state index in [1.54, 1.807) is 19.0 Å². The second-order valence-corrected chi connectivity index (χ2v) is 1.86. The normalized spacial score (nSPS) is 12.6. The second kappa shape index (κ2) is 3.32. The van der Waals surface area contributed by atoms with Gasteiger partial charge in [0, 0.05) is 0 Å². The van der Waals surface area contributed by atoms with Crippen LogP contribution in [0.15, 0.2) is 12.0 Å². The Balaban J connectivity index is 3.39. The van der Waals surface area contributed by atoms with Gasteiger partial charge in [-0.1, -0.05) is 0 Å². The lowest BCUT2D eigenvalue weighted by molar-refractivity contribution is 0.299. The molecule has 0 saturated carbocycles. The first-order valence-corrected chi connectivity index (χ1v) is 2.33. The maximum Gasteiger partial charge on any atom is 0.140 e. The highest BCUT2D eigenvalue weighted by Gasteiger charge is 1.92. The van der Waals surface area contributed by atoms with E-state index in [0.29, 0.717) is 12.8 Å². The summed E-state index contributed by atoms with van der Waals surface area (Å²) in [5.41, 5.74) is 0. The molecular formula is C5H11NO2. The number of hydrogen-bond donors (Lipinski definition) is 2. The van der Waals surface area contributed by atoms with Gasteiger partial charge in [-0.3, -0.25) is 0 Å². The lowest BCUT2D eigenvalue weighted by Crippen LogP contribution is -2.14. The summed E-state index contributed by atoms with van der Waals surface area (Å²) in [5.74, 6) is -0.0185. The Morgan fingerprint density at radius 1 is 1.62 bits per heavy atom. The summed E-state index contributed by atoms with van der Waals surface area (Å²) in [5, 5.41) is 16.7. The predicted octanol–water partition coefficient (Wildman–Crippen LogP) is 0.505. The number of rotatable bonds is 2. The second-order valence-electron chi connectivity index (χ2n) is 1.86. The minimum atomic E-state index is -0.0185. The summed E-state index contributed by atoms with van der Waals surface area (Å²) in [6, 6.07) is 0. The first-order chi connectivity index (χ1) is 3.66. The van der Waals surface area contributed by atoms with Crippen molar-refractivity contribution in [3.05, 3.63) is 12.0 Å². The molecule has 0 radical (unpaired) electrons. The van der Waals surface area contributed by atoms with Crippen molar-refractivity contribution in [2.45, 2.75) is 0 Å². The van der Waals surface area contributed by atoms with Gasteiger partial charge in [0.05, 0.1) is 6.54 Å². The third-order valence-electron chi connectivity index (χ3n) is 0.627. The molecule has 0 aromatic rings. The lowest BCUT2D eigenvalue weighted by atomic mass is 10.5. The van der Waals surface area contributed by atoms with Gasteiger partial charge in [0.1, 0.15) is 12.0 Å². The zero-order valence-corrected chi connectivity index (χ0v) is 5.13. The van der Waals surface area contributed by atoms with Crippen LogP contribution in [-0.2, 0) is 0 Å². The number of aliphatic hydroxyl groups excluding tert-OH is 2. The molecule has 0 aromatic heterocycles. The van der Waals surface area contributed by atoms with Crippen molar-refractivity contribution in [1.82, 2.24) is 4.90 Å². The number of hydrogen-bond acceptors (Lipinski definition) is 3. The summed E-state index contributed by atoms with van der Waals surface area (Å²) in [6.45, 7) is 0.385. The molecule has 0 heterocycles. The van der Waals surface area contributed by atoms with Crippen LogP contribution in [0.3, 0.4) is 0 Å². The van der Waals surface area contributed by atoms with E-state index in [9.17, 15) is 0 Å². The van der Waals surface area contributed by atoms with Gasteiger partial charge in [-0.05, 0) is 14.1 Å². The van der Waals surface area contributed by atoms with Crippen molar-refractivity contribution in [2.24, 2.45) is 0 Å². The molecular weight excluding hydrogens is 106 g/mol. The molecule has 0 atom stereocenters. The predicted molar refractivity (Wildman–Crippen MR) is 31.9 cm³/mol. The average Bonchev–Trinajstić information content (AvgIpc) is 1.65. The number of aliphatic hydroxyl groups is 2. The first-order valence-electron chi connectivity index (χ1n) is 2.33. The van der Waals surface area contributed by atoms with E-state index in [0.717, 1.165) is 0 Å². The van der Waals surface area contributed by atoms with Crippen LogP contribution in [0.1, 0.15) is 0 Å². The lowest BCUT2D eigenvalue weighted by Gasteiger charge is -2.05. The monoisotopic (exact) mass is 117 g/mol. The van der Waals surface area contributed by atoms with E-state index < -0.39 is 0 Å². The van der Waals surface area contributed by atoms with Crippen molar-refractivity contribution in [3.8, 4) is 0 Å². The van der Waals surface area contributed by atoms with E-state index >= 15 is 0 Å². The topological polar surface area (TPSA) is 43.7 Å². The average molecular weight is 117 g/mol. The van der Waals surface area contributed by atoms with E-state index in [-0.39, 0.29) is 5.76 Å². The maximum absolute atomic E-state index is 8.60. The molecule has 0 amide bonds. The molecule has 0 unspecified atom stereocenters. The molecule has 2 N–H and O–H groups in total. The Labute approximate surface area is 48.9 Å². The van der Waals surface area contributed by atoms with Gasteiger partial charge in [0.25, 0.3) is 0 Å². The molecule has 0 rings (SSSR count). The highest BCUT2D eigenvalue weighted by atomic mass is 16.3. The minimum Gasteiger partial charge on any atom is -0.512 e. The van der Waals surface area contributed by atoms with Gasteiger partial charge in [-0.15, -0.1) is 0 Å². The largest absolute Gasteiger partial charge is 0.512 e. The third-order valence-corrected chi connectivity index (χ3v) is 0.627. The van der Waals surface area contributed by atoms with E-state index in [2.05, 4.69) is 0 Å². The molecule has 0 spiro atoms. The molecule has 0 bridgehead atoms. The summed E-state index contributed by atoms with van der Waals surface area (Å²) in [6.07, 6.45) is 0.694. The van der Waals surface area contributed by atoms with Crippen molar-refractivity contribution in [1.29, 1.82) is 0 Å². The molecule has 0 aliphatic heterocycles. The van der Waals surface area contributed by atoms with E-state index in [1.165, 1.54) is 0 Å². The van der Waals surface area contributed by atoms with Gasteiger partial charge in [-0.2, -0.15) is 0 Å². The molecule has 48 valence electrons. The van der Waals surface area contributed by atoms with E-state index in [1.807, 2.05) is 0 Å². The molecule has 3 nitrogen and oxygen atoms in total. The Bertz CT molecular complexity index is 88.4. The zero-order chi connectivity index (χ0) is 6.57. The summed E-state index contributed by atoms with van der Waals surface area (Å²) < 4.78 is 0. The highest BCUT2D eigenvalue weighted by Crippen LogP contribution is 1.85. The number of likely N-dealkylation sites (N-methyl/N-ethyl adjacent to an activating group) is 1. The van der Waals surface area contributed by atoms with E-state index in [4.69, 9.17) is 10.2 Å². The standard InChI is InChI=1S/C5H11NO2/c1-6(2)3-5(8)4-7/h4,7-8H,3H2,1-2H3. The Morgan fingerprint density at radius 2 is 2.12 bits per heavy atom. The van der Waals surface area contributed by atoms with Crippen LogP contribution in [0, 0.1) is 0 Å². The molecule has 8 heavy (non-hydrogen) atoms. The highest BCUT2D eigenvalue weighted by molar-refractivity contribution is 4.85. The Morgan fingerprint density at radius 3 is 2.25 bits per heavy atom. The van der Waals surface area contributed by atoms with Crippen LogP contribution in [0.2, 0.25) is 0 Å². The van der Waals surface area contributed by atoms with Crippen molar-refractivity contribution < 1.29 is 10.2 Å². The van der Waals surface area contributed by atoms with Crippen LogP contribution in [0.4, 0.5) is 0 Å². The number of nitrogens with zero attached hydrogens (tertiary/aromatic N) is 1. The molecule has 3 heteroatoms. The summed E-state index contributed by atoms with van der Waals surface area (Å²) in [7, 11) is 3.61. The summed E-state index contributed by atoms with van der Waals surface area (Å²) >= 11 is 0. The third kappa shape index (κ3) is 3.49. The van der Waals surface area contributed by atoms with Crippen molar-refractivity contribution in [3.63, 3.8) is 0 Å². The maximum atomic E-state index is 8.60. The zero-order valence-electron chi connectivity index (χ0n) is 5.13. The Hall–Kier alpha value is -0.700.